The smallest absolute Gasteiger partial charge is 0.262 e. The Balaban J connectivity index is 1.49. The lowest BCUT2D eigenvalue weighted by molar-refractivity contribution is -0.119. The standard InChI is InChI=1S/C27H20N2O3/c30-25(28-21-15-14-19-10-4-5-11-20(19)17-21)24(16-18-8-2-1-3-9-18)29-26(31)22-12-6-7-13-23(22)27(29)32/h1-15,17,24H,16H2,(H,28,30)/t24-/m0/s1. The number of benzene rings is 4. The molecule has 156 valence electrons. The first-order valence-corrected chi connectivity index (χ1v) is 10.4. The second-order valence-corrected chi connectivity index (χ2v) is 7.78. The molecule has 0 spiro atoms. The summed E-state index contributed by atoms with van der Waals surface area (Å²) in [7, 11) is 0. The van der Waals surface area contributed by atoms with E-state index in [4.69, 9.17) is 0 Å². The van der Waals surface area contributed by atoms with Gasteiger partial charge in [-0.25, -0.2) is 0 Å². The van der Waals surface area contributed by atoms with Crippen molar-refractivity contribution in [3.8, 4) is 0 Å². The second kappa shape index (κ2) is 8.12. The van der Waals surface area contributed by atoms with E-state index in [1.54, 1.807) is 24.3 Å². The largest absolute Gasteiger partial charge is 0.324 e. The third kappa shape index (κ3) is 3.54. The van der Waals surface area contributed by atoms with E-state index in [-0.39, 0.29) is 6.42 Å². The zero-order chi connectivity index (χ0) is 22.1. The molecule has 0 aromatic heterocycles. The molecule has 4 aromatic carbocycles. The number of anilines is 1. The molecule has 1 aliphatic rings. The zero-order valence-electron chi connectivity index (χ0n) is 17.2. The molecule has 1 aliphatic heterocycles. The third-order valence-electron chi connectivity index (χ3n) is 5.73. The summed E-state index contributed by atoms with van der Waals surface area (Å²) in [6.07, 6.45) is 0.228. The molecule has 0 saturated carbocycles. The summed E-state index contributed by atoms with van der Waals surface area (Å²) in [5.74, 6) is -1.29. The Morgan fingerprint density at radius 3 is 2.00 bits per heavy atom. The Bertz CT molecular complexity index is 1310. The Morgan fingerprint density at radius 2 is 1.31 bits per heavy atom. The predicted octanol–water partition coefficient (Wildman–Crippen LogP) is 4.69. The van der Waals surface area contributed by atoms with Gasteiger partial charge >= 0.3 is 0 Å². The van der Waals surface area contributed by atoms with Crippen LogP contribution in [0.4, 0.5) is 5.69 Å². The number of hydrogen-bond acceptors (Lipinski definition) is 3. The van der Waals surface area contributed by atoms with E-state index in [2.05, 4.69) is 5.32 Å². The maximum atomic E-state index is 13.4. The van der Waals surface area contributed by atoms with Gasteiger partial charge in [0.15, 0.2) is 0 Å². The number of imide groups is 1. The summed E-state index contributed by atoms with van der Waals surface area (Å²) < 4.78 is 0. The quantitative estimate of drug-likeness (QED) is 0.477. The molecule has 3 amide bonds. The fourth-order valence-electron chi connectivity index (χ4n) is 4.12. The van der Waals surface area contributed by atoms with Crippen LogP contribution in [0.15, 0.2) is 97.1 Å². The first-order valence-electron chi connectivity index (χ1n) is 10.4. The van der Waals surface area contributed by atoms with Gasteiger partial charge in [0.1, 0.15) is 6.04 Å². The lowest BCUT2D eigenvalue weighted by Gasteiger charge is -2.25. The van der Waals surface area contributed by atoms with Crippen LogP contribution in [0.25, 0.3) is 10.8 Å². The van der Waals surface area contributed by atoms with Gasteiger partial charge in [0.05, 0.1) is 11.1 Å². The molecule has 5 nitrogen and oxygen atoms in total. The molecule has 0 fully saturated rings. The predicted molar refractivity (Wildman–Crippen MR) is 123 cm³/mol. The van der Waals surface area contributed by atoms with Crippen molar-refractivity contribution in [1.29, 1.82) is 0 Å². The fraction of sp³-hybridized carbons (Fsp3) is 0.0741. The van der Waals surface area contributed by atoms with Crippen LogP contribution in [0.1, 0.15) is 26.3 Å². The SMILES string of the molecule is O=C(Nc1ccc2ccccc2c1)[C@H](Cc1ccccc1)N1C(=O)c2ccccc2C1=O. The molecule has 0 bridgehead atoms. The van der Waals surface area contributed by atoms with Crippen molar-refractivity contribution in [2.24, 2.45) is 0 Å². The molecule has 0 saturated heterocycles. The number of rotatable bonds is 5. The lowest BCUT2D eigenvalue weighted by Crippen LogP contribution is -2.48. The van der Waals surface area contributed by atoms with Gasteiger partial charge in [0.25, 0.3) is 11.8 Å². The van der Waals surface area contributed by atoms with Gasteiger partial charge in [-0.2, -0.15) is 0 Å². The van der Waals surface area contributed by atoms with Gasteiger partial charge in [-0.1, -0.05) is 72.8 Å². The van der Waals surface area contributed by atoms with E-state index in [0.717, 1.165) is 21.2 Å². The van der Waals surface area contributed by atoms with Crippen LogP contribution in [-0.4, -0.2) is 28.7 Å². The highest BCUT2D eigenvalue weighted by atomic mass is 16.2. The van der Waals surface area contributed by atoms with Crippen molar-refractivity contribution in [3.05, 3.63) is 114 Å². The van der Waals surface area contributed by atoms with E-state index < -0.39 is 23.8 Å². The second-order valence-electron chi connectivity index (χ2n) is 7.78. The molecule has 5 heteroatoms. The average molecular weight is 420 g/mol. The third-order valence-corrected chi connectivity index (χ3v) is 5.73. The average Bonchev–Trinajstić information content (AvgIpc) is 3.08. The summed E-state index contributed by atoms with van der Waals surface area (Å²) in [5.41, 5.74) is 2.13. The number of hydrogen-bond donors (Lipinski definition) is 1. The van der Waals surface area contributed by atoms with Crippen molar-refractivity contribution >= 4 is 34.2 Å². The lowest BCUT2D eigenvalue weighted by atomic mass is 10.0. The van der Waals surface area contributed by atoms with Crippen LogP contribution in [0.3, 0.4) is 0 Å². The van der Waals surface area contributed by atoms with E-state index >= 15 is 0 Å². The van der Waals surface area contributed by atoms with E-state index in [9.17, 15) is 14.4 Å². The summed E-state index contributed by atoms with van der Waals surface area (Å²) in [6.45, 7) is 0. The monoisotopic (exact) mass is 420 g/mol. The molecule has 1 N–H and O–H groups in total. The van der Waals surface area contributed by atoms with E-state index in [0.29, 0.717) is 16.8 Å². The van der Waals surface area contributed by atoms with E-state index in [1.807, 2.05) is 72.8 Å². The number of fused-ring (bicyclic) bond motifs is 2. The molecule has 5 rings (SSSR count). The van der Waals surface area contributed by atoms with Gasteiger partial charge < -0.3 is 5.32 Å². The molecule has 1 atom stereocenters. The number of carbonyl (C=O) groups excluding carboxylic acids is 3. The van der Waals surface area contributed by atoms with Crippen molar-refractivity contribution in [1.82, 2.24) is 4.90 Å². The van der Waals surface area contributed by atoms with E-state index in [1.165, 1.54) is 0 Å². The summed E-state index contributed by atoms with van der Waals surface area (Å²) in [5, 5.41) is 4.97. The van der Waals surface area contributed by atoms with Gasteiger partial charge in [0, 0.05) is 12.1 Å². The number of nitrogens with zero attached hydrogens (tertiary/aromatic N) is 1. The topological polar surface area (TPSA) is 66.5 Å². The van der Waals surface area contributed by atoms with Gasteiger partial charge in [-0.05, 0) is 40.6 Å². The Morgan fingerprint density at radius 1 is 0.719 bits per heavy atom. The summed E-state index contributed by atoms with van der Waals surface area (Å²) >= 11 is 0. The van der Waals surface area contributed by atoms with Gasteiger partial charge in [-0.15, -0.1) is 0 Å². The molecule has 4 aromatic rings. The van der Waals surface area contributed by atoms with Crippen LogP contribution < -0.4 is 5.32 Å². The minimum atomic E-state index is -0.976. The van der Waals surface area contributed by atoms with Crippen molar-refractivity contribution in [2.75, 3.05) is 5.32 Å². The zero-order valence-corrected chi connectivity index (χ0v) is 17.2. The van der Waals surface area contributed by atoms with Crippen molar-refractivity contribution in [3.63, 3.8) is 0 Å². The van der Waals surface area contributed by atoms with Gasteiger partial charge in [0.2, 0.25) is 5.91 Å². The van der Waals surface area contributed by atoms with Crippen LogP contribution >= 0.6 is 0 Å². The maximum absolute atomic E-state index is 13.4. The molecular weight excluding hydrogens is 400 g/mol. The first-order chi connectivity index (χ1) is 15.6. The molecule has 0 unspecified atom stereocenters. The van der Waals surface area contributed by atoms with Crippen LogP contribution in [-0.2, 0) is 11.2 Å². The van der Waals surface area contributed by atoms with Crippen molar-refractivity contribution < 1.29 is 14.4 Å². The molecular formula is C27H20N2O3. The minimum Gasteiger partial charge on any atom is -0.324 e. The fourth-order valence-corrected chi connectivity index (χ4v) is 4.12. The summed E-state index contributed by atoms with van der Waals surface area (Å²) in [6, 6.07) is 28.6. The van der Waals surface area contributed by atoms with Crippen LogP contribution in [0, 0.1) is 0 Å². The minimum absolute atomic E-state index is 0.228. The summed E-state index contributed by atoms with van der Waals surface area (Å²) in [4.78, 5) is 40.7. The Labute approximate surface area is 185 Å². The number of carbonyl (C=O) groups is 3. The Kier molecular flexibility index (Phi) is 5.00. The molecule has 1 heterocycles. The van der Waals surface area contributed by atoms with Gasteiger partial charge in [-0.3, -0.25) is 19.3 Å². The maximum Gasteiger partial charge on any atom is 0.262 e. The van der Waals surface area contributed by atoms with Crippen molar-refractivity contribution in [2.45, 2.75) is 12.5 Å². The highest BCUT2D eigenvalue weighted by Gasteiger charge is 2.42. The molecule has 0 radical (unpaired) electrons. The van der Waals surface area contributed by atoms with Crippen LogP contribution in [0.5, 0.6) is 0 Å². The molecule has 32 heavy (non-hydrogen) atoms. The van der Waals surface area contributed by atoms with Crippen LogP contribution in [0.2, 0.25) is 0 Å². The highest BCUT2D eigenvalue weighted by Crippen LogP contribution is 2.27. The molecule has 0 aliphatic carbocycles. The normalized spacial score (nSPS) is 13.8. The number of amides is 3. The highest BCUT2D eigenvalue weighted by molar-refractivity contribution is 6.23. The Hall–Kier alpha value is -4.25. The number of nitrogens with one attached hydrogen (secondary N) is 1. The first kappa shape index (κ1) is 19.7.